The van der Waals surface area contributed by atoms with E-state index in [-0.39, 0.29) is 12.1 Å². The zero-order valence-electron chi connectivity index (χ0n) is 13.6. The zero-order valence-corrected chi connectivity index (χ0v) is 15.3. The van der Waals surface area contributed by atoms with Gasteiger partial charge in [-0.15, -0.1) is 0 Å². The number of rotatable bonds is 5. The van der Waals surface area contributed by atoms with E-state index in [1.54, 1.807) is 0 Å². The lowest BCUT2D eigenvalue weighted by Gasteiger charge is -2.28. The summed E-state index contributed by atoms with van der Waals surface area (Å²) >= 11 is 0. The summed E-state index contributed by atoms with van der Waals surface area (Å²) in [5, 5.41) is 0. The fraction of sp³-hybridized carbons (Fsp3) is 0.294. The molecule has 2 aromatic rings. The van der Waals surface area contributed by atoms with Gasteiger partial charge in [-0.1, -0.05) is 36.4 Å². The van der Waals surface area contributed by atoms with Crippen LogP contribution in [-0.4, -0.2) is 30.3 Å². The van der Waals surface area contributed by atoms with E-state index in [0.717, 1.165) is 5.56 Å². The van der Waals surface area contributed by atoms with Crippen molar-refractivity contribution < 1.29 is 17.8 Å². The number of fused-ring (bicyclic) bond motifs is 1. The van der Waals surface area contributed by atoms with Crippen molar-refractivity contribution in [2.45, 2.75) is 10.8 Å². The van der Waals surface area contributed by atoms with E-state index in [9.17, 15) is 8.77 Å². The SMILES string of the molecule is COP(=O)(C[C@@H]1C[S@](=O)(c2ccccc2)=Nc2ccccc21)OC. The Bertz CT molecular complexity index is 882. The Labute approximate surface area is 142 Å². The van der Waals surface area contributed by atoms with Crippen molar-refractivity contribution >= 4 is 23.0 Å². The van der Waals surface area contributed by atoms with Gasteiger partial charge in [0, 0.05) is 30.8 Å². The fourth-order valence-corrected chi connectivity index (χ4v) is 6.67. The largest absolute Gasteiger partial charge is 0.330 e. The lowest BCUT2D eigenvalue weighted by molar-refractivity contribution is 0.274. The number of hydrogen-bond donors (Lipinski definition) is 0. The van der Waals surface area contributed by atoms with Gasteiger partial charge in [0.25, 0.3) is 0 Å². The fourth-order valence-electron chi connectivity index (χ4n) is 2.90. The summed E-state index contributed by atoms with van der Waals surface area (Å²) < 4.78 is 40.8. The van der Waals surface area contributed by atoms with Gasteiger partial charge >= 0.3 is 7.60 Å². The zero-order chi connectivity index (χ0) is 17.2. The first-order chi connectivity index (χ1) is 11.5. The smallest absolute Gasteiger partial charge is 0.312 e. The van der Waals surface area contributed by atoms with Crippen LogP contribution in [0, 0.1) is 0 Å². The lowest BCUT2D eigenvalue weighted by atomic mass is 10.0. The normalized spacial score (nSPS) is 23.3. The predicted octanol–water partition coefficient (Wildman–Crippen LogP) is 4.43. The summed E-state index contributed by atoms with van der Waals surface area (Å²) in [4.78, 5) is 0.689. The van der Waals surface area contributed by atoms with Crippen molar-refractivity contribution in [2.24, 2.45) is 4.36 Å². The summed E-state index contributed by atoms with van der Waals surface area (Å²) in [6.45, 7) is 0. The van der Waals surface area contributed by atoms with E-state index in [2.05, 4.69) is 4.36 Å². The minimum absolute atomic E-state index is 0.177. The topological polar surface area (TPSA) is 65.0 Å². The van der Waals surface area contributed by atoms with E-state index >= 15 is 0 Å². The molecule has 3 rings (SSSR count). The quantitative estimate of drug-likeness (QED) is 0.736. The van der Waals surface area contributed by atoms with Crippen LogP contribution in [0.3, 0.4) is 0 Å². The number of hydrogen-bond acceptors (Lipinski definition) is 5. The van der Waals surface area contributed by atoms with Crippen LogP contribution in [0.15, 0.2) is 63.9 Å². The van der Waals surface area contributed by atoms with Crippen molar-refractivity contribution in [3.8, 4) is 0 Å². The molecule has 0 N–H and O–H groups in total. The van der Waals surface area contributed by atoms with Crippen LogP contribution in [-0.2, 0) is 23.3 Å². The minimum atomic E-state index is -3.22. The predicted molar refractivity (Wildman–Crippen MR) is 95.5 cm³/mol. The summed E-state index contributed by atoms with van der Waals surface area (Å²) in [5.74, 6) is 0.0854. The second-order valence-corrected chi connectivity index (χ2v) is 10.2. The first kappa shape index (κ1) is 17.4. The third-order valence-electron chi connectivity index (χ3n) is 4.16. The molecule has 1 aliphatic rings. The van der Waals surface area contributed by atoms with E-state index < -0.39 is 17.3 Å². The van der Waals surface area contributed by atoms with Crippen LogP contribution in [0.25, 0.3) is 0 Å². The van der Waals surface area contributed by atoms with Gasteiger partial charge in [-0.25, -0.2) is 4.21 Å². The van der Waals surface area contributed by atoms with Crippen molar-refractivity contribution in [3.63, 3.8) is 0 Å². The Morgan fingerprint density at radius 3 is 2.38 bits per heavy atom. The van der Waals surface area contributed by atoms with E-state index in [1.165, 1.54) is 14.2 Å². The third-order valence-corrected chi connectivity index (χ3v) is 8.52. The first-order valence-corrected chi connectivity index (χ1v) is 11.0. The van der Waals surface area contributed by atoms with Crippen LogP contribution < -0.4 is 0 Å². The maximum absolute atomic E-state index is 13.5. The van der Waals surface area contributed by atoms with Crippen LogP contribution in [0.5, 0.6) is 0 Å². The molecule has 0 saturated heterocycles. The molecule has 5 nitrogen and oxygen atoms in total. The Balaban J connectivity index is 2.09. The molecule has 2 atom stereocenters. The van der Waals surface area contributed by atoms with Crippen LogP contribution in [0.2, 0.25) is 0 Å². The highest BCUT2D eigenvalue weighted by atomic mass is 32.2. The average molecular weight is 365 g/mol. The highest BCUT2D eigenvalue weighted by Gasteiger charge is 2.34. The van der Waals surface area contributed by atoms with Crippen molar-refractivity contribution in [2.75, 3.05) is 26.1 Å². The van der Waals surface area contributed by atoms with Gasteiger partial charge in [-0.05, 0) is 23.8 Å². The van der Waals surface area contributed by atoms with Crippen molar-refractivity contribution in [1.29, 1.82) is 0 Å². The Morgan fingerprint density at radius 1 is 1.08 bits per heavy atom. The molecule has 0 aromatic heterocycles. The molecule has 2 aromatic carbocycles. The van der Waals surface area contributed by atoms with Crippen molar-refractivity contribution in [3.05, 3.63) is 60.2 Å². The van der Waals surface area contributed by atoms with Gasteiger partial charge < -0.3 is 9.05 Å². The number of nitrogens with zero attached hydrogens (tertiary/aromatic N) is 1. The highest BCUT2D eigenvalue weighted by Crippen LogP contribution is 2.52. The molecule has 0 amide bonds. The maximum Gasteiger partial charge on any atom is 0.330 e. The van der Waals surface area contributed by atoms with Gasteiger partial charge in [0.1, 0.15) is 0 Å². The average Bonchev–Trinajstić information content (AvgIpc) is 2.62. The van der Waals surface area contributed by atoms with Crippen molar-refractivity contribution in [1.82, 2.24) is 0 Å². The molecule has 0 aliphatic carbocycles. The molecule has 0 spiro atoms. The monoisotopic (exact) mass is 365 g/mol. The summed E-state index contributed by atoms with van der Waals surface area (Å²) in [7, 11) is -3.10. The second-order valence-electron chi connectivity index (χ2n) is 5.63. The third kappa shape index (κ3) is 3.33. The molecule has 0 radical (unpaired) electrons. The molecule has 1 aliphatic heterocycles. The second kappa shape index (κ2) is 6.81. The molecule has 0 fully saturated rings. The van der Waals surface area contributed by atoms with Crippen LogP contribution in [0.4, 0.5) is 5.69 Å². The van der Waals surface area contributed by atoms with E-state index in [1.807, 2.05) is 54.6 Å². The molecule has 128 valence electrons. The molecule has 0 bridgehead atoms. The number of benzene rings is 2. The molecular weight excluding hydrogens is 345 g/mol. The van der Waals surface area contributed by atoms with Gasteiger partial charge in [-0.2, -0.15) is 4.36 Å². The lowest BCUT2D eigenvalue weighted by Crippen LogP contribution is -2.22. The molecule has 1 heterocycles. The Kier molecular flexibility index (Phi) is 4.92. The van der Waals surface area contributed by atoms with Gasteiger partial charge in [0.15, 0.2) is 0 Å². The Morgan fingerprint density at radius 2 is 1.71 bits per heavy atom. The Hall–Kier alpha value is -1.46. The standard InChI is InChI=1S/C17H20NO4PS/c1-21-23(19,22-2)12-14-13-24(20,15-8-4-3-5-9-15)18-17-11-7-6-10-16(14)17/h3-11,14H,12-13H2,1-2H3/t14-,24+/m1/s1. The first-order valence-electron chi connectivity index (χ1n) is 7.59. The van der Waals surface area contributed by atoms with Gasteiger partial charge in [0.2, 0.25) is 0 Å². The minimum Gasteiger partial charge on any atom is -0.312 e. The summed E-state index contributed by atoms with van der Waals surface area (Å²) in [6.07, 6.45) is 0.177. The summed E-state index contributed by atoms with van der Waals surface area (Å²) in [5.41, 5.74) is 1.61. The van der Waals surface area contributed by atoms with Gasteiger partial charge in [-0.3, -0.25) is 4.57 Å². The van der Waals surface area contributed by atoms with E-state index in [0.29, 0.717) is 16.3 Å². The van der Waals surface area contributed by atoms with E-state index in [4.69, 9.17) is 9.05 Å². The van der Waals surface area contributed by atoms with Crippen LogP contribution in [0.1, 0.15) is 11.5 Å². The molecule has 0 unspecified atom stereocenters. The van der Waals surface area contributed by atoms with Crippen LogP contribution >= 0.6 is 7.60 Å². The highest BCUT2D eigenvalue weighted by molar-refractivity contribution is 7.93. The van der Waals surface area contributed by atoms with Gasteiger partial charge in [0.05, 0.1) is 21.6 Å². The molecule has 0 saturated carbocycles. The molecular formula is C17H20NO4PS. The molecule has 7 heteroatoms. The maximum atomic E-state index is 13.5. The molecule has 24 heavy (non-hydrogen) atoms. The summed E-state index contributed by atoms with van der Waals surface area (Å²) in [6, 6.07) is 16.8.